The molecule has 3 atom stereocenters. The molecular weight excluding hydrogens is 393 g/mol. The van der Waals surface area contributed by atoms with Crippen LogP contribution < -0.4 is 10.6 Å². The highest BCUT2D eigenvalue weighted by atomic mass is 127. The number of hydrogen-bond donors (Lipinski definition) is 2. The summed E-state index contributed by atoms with van der Waals surface area (Å²) in [7, 11) is 3.64. The first-order valence-electron chi connectivity index (χ1n) is 8.36. The highest BCUT2D eigenvalue weighted by Crippen LogP contribution is 2.43. The lowest BCUT2D eigenvalue weighted by Crippen LogP contribution is -2.51. The van der Waals surface area contributed by atoms with Crippen molar-refractivity contribution >= 4 is 29.9 Å². The summed E-state index contributed by atoms with van der Waals surface area (Å²) in [4.78, 5) is 4.38. The number of nitrogens with one attached hydrogen (secondary N) is 2. The van der Waals surface area contributed by atoms with E-state index in [0.717, 1.165) is 32.0 Å². The van der Waals surface area contributed by atoms with Gasteiger partial charge in [0.25, 0.3) is 0 Å². The van der Waals surface area contributed by atoms with Crippen LogP contribution in [0, 0.1) is 5.41 Å². The molecular formula is C16H30IN3O2. The maximum absolute atomic E-state index is 5.90. The molecule has 3 unspecified atom stereocenters. The Bertz CT molecular complexity index is 388. The third kappa shape index (κ3) is 4.06. The molecule has 3 aliphatic rings. The summed E-state index contributed by atoms with van der Waals surface area (Å²) >= 11 is 0. The third-order valence-corrected chi connectivity index (χ3v) is 5.53. The molecule has 22 heavy (non-hydrogen) atoms. The molecule has 6 heteroatoms. The van der Waals surface area contributed by atoms with Crippen molar-refractivity contribution in [2.45, 2.75) is 63.2 Å². The molecule has 1 aliphatic carbocycles. The highest BCUT2D eigenvalue weighted by Gasteiger charge is 2.41. The van der Waals surface area contributed by atoms with Gasteiger partial charge in [-0.15, -0.1) is 24.0 Å². The first-order chi connectivity index (χ1) is 10.2. The van der Waals surface area contributed by atoms with Gasteiger partial charge in [0.05, 0.1) is 18.2 Å². The zero-order valence-electron chi connectivity index (χ0n) is 13.8. The van der Waals surface area contributed by atoms with Gasteiger partial charge in [0.15, 0.2) is 5.96 Å². The van der Waals surface area contributed by atoms with Gasteiger partial charge in [-0.1, -0.05) is 6.42 Å². The first kappa shape index (κ1) is 18.3. The lowest BCUT2D eigenvalue weighted by molar-refractivity contribution is 0.0730. The molecule has 0 aromatic rings. The van der Waals surface area contributed by atoms with Crippen molar-refractivity contribution in [1.29, 1.82) is 0 Å². The van der Waals surface area contributed by atoms with Crippen molar-refractivity contribution in [2.24, 2.45) is 10.4 Å². The molecule has 0 aromatic carbocycles. The summed E-state index contributed by atoms with van der Waals surface area (Å²) in [5.41, 5.74) is 0.415. The van der Waals surface area contributed by atoms with Gasteiger partial charge in [-0.2, -0.15) is 0 Å². The number of ether oxygens (including phenoxy) is 2. The topological polar surface area (TPSA) is 54.9 Å². The summed E-state index contributed by atoms with van der Waals surface area (Å²) in [5.74, 6) is 0.930. The Hall–Kier alpha value is -0.0800. The fraction of sp³-hybridized carbons (Fsp3) is 0.938. The number of aliphatic imine (C=N–C) groups is 1. The smallest absolute Gasteiger partial charge is 0.191 e. The Morgan fingerprint density at radius 2 is 2.18 bits per heavy atom. The molecule has 2 bridgehead atoms. The Morgan fingerprint density at radius 3 is 2.68 bits per heavy atom. The van der Waals surface area contributed by atoms with Crippen LogP contribution in [-0.4, -0.2) is 51.5 Å². The molecule has 0 aromatic heterocycles. The average Bonchev–Trinajstić information content (AvgIpc) is 3.07. The van der Waals surface area contributed by atoms with Crippen LogP contribution in [0.3, 0.4) is 0 Å². The molecule has 2 heterocycles. The van der Waals surface area contributed by atoms with Crippen molar-refractivity contribution in [1.82, 2.24) is 10.6 Å². The van der Waals surface area contributed by atoms with E-state index in [9.17, 15) is 0 Å². The number of hydrogen-bond acceptors (Lipinski definition) is 3. The Kier molecular flexibility index (Phi) is 6.76. The first-order valence-corrected chi connectivity index (χ1v) is 8.36. The number of halogens is 1. The fourth-order valence-electron chi connectivity index (χ4n) is 3.94. The molecule has 2 saturated heterocycles. The van der Waals surface area contributed by atoms with E-state index in [0.29, 0.717) is 23.7 Å². The quantitative estimate of drug-likeness (QED) is 0.391. The van der Waals surface area contributed by atoms with E-state index >= 15 is 0 Å². The van der Waals surface area contributed by atoms with Crippen LogP contribution in [0.25, 0.3) is 0 Å². The molecule has 1 saturated carbocycles. The van der Waals surface area contributed by atoms with Gasteiger partial charge in [-0.05, 0) is 43.9 Å². The van der Waals surface area contributed by atoms with Gasteiger partial charge < -0.3 is 20.1 Å². The second-order valence-corrected chi connectivity index (χ2v) is 6.88. The van der Waals surface area contributed by atoms with Crippen LogP contribution in [0.4, 0.5) is 0 Å². The Morgan fingerprint density at radius 1 is 1.36 bits per heavy atom. The number of fused-ring (bicyclic) bond motifs is 2. The lowest BCUT2D eigenvalue weighted by Gasteiger charge is -2.42. The van der Waals surface area contributed by atoms with E-state index in [1.54, 1.807) is 7.11 Å². The number of nitrogens with zero attached hydrogens (tertiary/aromatic N) is 1. The highest BCUT2D eigenvalue weighted by molar-refractivity contribution is 14.0. The van der Waals surface area contributed by atoms with Gasteiger partial charge in [0.1, 0.15) is 0 Å². The predicted octanol–water partition coefficient (Wildman–Crippen LogP) is 2.30. The Labute approximate surface area is 151 Å². The monoisotopic (exact) mass is 423 g/mol. The second kappa shape index (κ2) is 8.15. The van der Waals surface area contributed by atoms with E-state index in [4.69, 9.17) is 9.47 Å². The van der Waals surface area contributed by atoms with Gasteiger partial charge in [-0.3, -0.25) is 4.99 Å². The summed E-state index contributed by atoms with van der Waals surface area (Å²) < 4.78 is 11.2. The number of rotatable bonds is 6. The van der Waals surface area contributed by atoms with E-state index in [1.807, 2.05) is 7.05 Å². The minimum absolute atomic E-state index is 0. The molecule has 3 rings (SSSR count). The van der Waals surface area contributed by atoms with Crippen LogP contribution in [0.15, 0.2) is 4.99 Å². The molecule has 2 aliphatic heterocycles. The molecule has 0 radical (unpaired) electrons. The number of methoxy groups -OCH3 is 1. The normalized spacial score (nSPS) is 32.3. The van der Waals surface area contributed by atoms with Crippen LogP contribution in [0.1, 0.15) is 44.9 Å². The van der Waals surface area contributed by atoms with Crippen molar-refractivity contribution in [2.75, 3.05) is 27.3 Å². The number of guanidine groups is 1. The van der Waals surface area contributed by atoms with Crippen LogP contribution in [0.2, 0.25) is 0 Å². The zero-order valence-corrected chi connectivity index (χ0v) is 16.1. The third-order valence-electron chi connectivity index (χ3n) is 5.53. The molecule has 2 N–H and O–H groups in total. The zero-order chi connectivity index (χ0) is 14.7. The van der Waals surface area contributed by atoms with Crippen LogP contribution in [-0.2, 0) is 9.47 Å². The van der Waals surface area contributed by atoms with E-state index < -0.39 is 0 Å². The summed E-state index contributed by atoms with van der Waals surface area (Å²) in [6, 6.07) is 0.436. The average molecular weight is 423 g/mol. The van der Waals surface area contributed by atoms with Gasteiger partial charge in [0.2, 0.25) is 0 Å². The lowest BCUT2D eigenvalue weighted by atomic mass is 9.67. The van der Waals surface area contributed by atoms with Gasteiger partial charge >= 0.3 is 0 Å². The van der Waals surface area contributed by atoms with Crippen molar-refractivity contribution in [3.05, 3.63) is 0 Å². The van der Waals surface area contributed by atoms with E-state index in [1.165, 1.54) is 32.1 Å². The molecule has 0 spiro atoms. The van der Waals surface area contributed by atoms with Crippen LogP contribution in [0.5, 0.6) is 0 Å². The van der Waals surface area contributed by atoms with E-state index in [2.05, 4.69) is 15.6 Å². The predicted molar refractivity (Wildman–Crippen MR) is 99.0 cm³/mol. The largest absolute Gasteiger partial charge is 0.385 e. The fourth-order valence-corrected chi connectivity index (χ4v) is 3.94. The van der Waals surface area contributed by atoms with Crippen molar-refractivity contribution in [3.8, 4) is 0 Å². The Balaban J connectivity index is 0.00000176. The standard InChI is InChI=1S/C16H29N3O2.HI/c1-17-15(19-13-10-12-4-5-14(13)21-12)18-11-16(6-3-7-16)8-9-20-2;/h12-14H,3-11H2,1-2H3,(H2,17,18,19);1H. The van der Waals surface area contributed by atoms with Crippen molar-refractivity contribution < 1.29 is 9.47 Å². The van der Waals surface area contributed by atoms with Crippen molar-refractivity contribution in [3.63, 3.8) is 0 Å². The molecule has 128 valence electrons. The molecule has 5 nitrogen and oxygen atoms in total. The van der Waals surface area contributed by atoms with E-state index in [-0.39, 0.29) is 24.0 Å². The van der Waals surface area contributed by atoms with Gasteiger partial charge in [-0.25, -0.2) is 0 Å². The second-order valence-electron chi connectivity index (χ2n) is 6.88. The maximum atomic E-state index is 5.90. The SMILES string of the molecule is CN=C(NCC1(CCOC)CCC1)NC1CC2CCC1O2.I. The minimum Gasteiger partial charge on any atom is -0.385 e. The molecule has 3 fully saturated rings. The van der Waals surface area contributed by atoms with Crippen LogP contribution >= 0.6 is 24.0 Å². The minimum atomic E-state index is 0. The summed E-state index contributed by atoms with van der Waals surface area (Å²) in [6.07, 6.45) is 9.51. The van der Waals surface area contributed by atoms with Gasteiger partial charge in [0, 0.05) is 27.3 Å². The molecule has 0 amide bonds. The summed E-state index contributed by atoms with van der Waals surface area (Å²) in [6.45, 7) is 1.85. The maximum Gasteiger partial charge on any atom is 0.191 e. The summed E-state index contributed by atoms with van der Waals surface area (Å²) in [5, 5.41) is 7.09.